The van der Waals surface area contributed by atoms with Crippen LogP contribution in [0.25, 0.3) is 11.0 Å². The number of hydrogen-bond donors (Lipinski definition) is 2. The van der Waals surface area contributed by atoms with E-state index < -0.39 is 0 Å². The van der Waals surface area contributed by atoms with Crippen molar-refractivity contribution in [2.24, 2.45) is 28.7 Å². The number of rotatable bonds is 9. The molecule has 1 aromatic carbocycles. The fourth-order valence-corrected chi connectivity index (χ4v) is 5.59. The van der Waals surface area contributed by atoms with Crippen molar-refractivity contribution in [3.63, 3.8) is 0 Å². The molecule has 2 N–H and O–H groups in total. The van der Waals surface area contributed by atoms with Crippen molar-refractivity contribution in [1.82, 2.24) is 25.1 Å². The number of likely N-dealkylation sites (tertiary alicyclic amines) is 1. The van der Waals surface area contributed by atoms with Gasteiger partial charge in [-0.05, 0) is 50.2 Å². The number of carbonyl (C=O) groups excluding carboxylic acids is 2. The molecule has 2 amide bonds. The van der Waals surface area contributed by atoms with Crippen LogP contribution in [0.1, 0.15) is 26.2 Å². The Kier molecular flexibility index (Phi) is 6.15. The summed E-state index contributed by atoms with van der Waals surface area (Å²) >= 11 is 0. The highest BCUT2D eigenvalue weighted by molar-refractivity contribution is 6.06. The van der Waals surface area contributed by atoms with Gasteiger partial charge in [0.2, 0.25) is 11.8 Å². The quantitative estimate of drug-likeness (QED) is 0.202. The SMILES string of the molecule is CCNC(=NCCCN1C(=O)C2C3C=CC(C3)C2C1=O)NCCCn1cnc2ccccc21. The summed E-state index contributed by atoms with van der Waals surface area (Å²) in [4.78, 5) is 36.1. The Hall–Kier alpha value is -3.16. The third-order valence-corrected chi connectivity index (χ3v) is 7.11. The Morgan fingerprint density at radius 3 is 2.58 bits per heavy atom. The van der Waals surface area contributed by atoms with Crippen molar-refractivity contribution in [2.45, 2.75) is 32.7 Å². The number of imide groups is 1. The van der Waals surface area contributed by atoms with Gasteiger partial charge in [0.1, 0.15) is 0 Å². The van der Waals surface area contributed by atoms with E-state index in [4.69, 9.17) is 0 Å². The normalized spacial score (nSPS) is 26.0. The number of imidazole rings is 1. The van der Waals surface area contributed by atoms with Crippen LogP contribution in [0.5, 0.6) is 0 Å². The molecule has 1 aliphatic heterocycles. The molecule has 4 atom stereocenters. The molecule has 8 heteroatoms. The van der Waals surface area contributed by atoms with Crippen LogP contribution in [-0.2, 0) is 16.1 Å². The highest BCUT2D eigenvalue weighted by Gasteiger charge is 2.58. The van der Waals surface area contributed by atoms with E-state index in [-0.39, 0.29) is 35.5 Å². The zero-order chi connectivity index (χ0) is 22.8. The lowest BCUT2D eigenvalue weighted by Crippen LogP contribution is -2.38. The van der Waals surface area contributed by atoms with Crippen LogP contribution in [0.3, 0.4) is 0 Å². The van der Waals surface area contributed by atoms with Crippen molar-refractivity contribution in [2.75, 3.05) is 26.2 Å². The summed E-state index contributed by atoms with van der Waals surface area (Å²) in [7, 11) is 0. The van der Waals surface area contributed by atoms with E-state index in [9.17, 15) is 9.59 Å². The van der Waals surface area contributed by atoms with E-state index in [1.165, 1.54) is 4.90 Å². The highest BCUT2D eigenvalue weighted by atomic mass is 16.2. The lowest BCUT2D eigenvalue weighted by molar-refractivity contribution is -0.140. The lowest BCUT2D eigenvalue weighted by atomic mass is 9.85. The van der Waals surface area contributed by atoms with Gasteiger partial charge < -0.3 is 15.2 Å². The van der Waals surface area contributed by atoms with Crippen molar-refractivity contribution in [3.8, 4) is 0 Å². The van der Waals surface area contributed by atoms with Gasteiger partial charge >= 0.3 is 0 Å². The summed E-state index contributed by atoms with van der Waals surface area (Å²) < 4.78 is 2.17. The molecule has 174 valence electrons. The molecule has 2 fully saturated rings. The first-order valence-electron chi connectivity index (χ1n) is 12.1. The molecule has 2 aliphatic carbocycles. The fraction of sp³-hybridized carbons (Fsp3) is 0.520. The molecular weight excluding hydrogens is 416 g/mol. The molecule has 2 heterocycles. The maximum absolute atomic E-state index is 12.8. The zero-order valence-electron chi connectivity index (χ0n) is 19.1. The van der Waals surface area contributed by atoms with Gasteiger partial charge in [-0.1, -0.05) is 24.3 Å². The predicted octanol–water partition coefficient (Wildman–Crippen LogP) is 2.18. The minimum atomic E-state index is -0.109. The number of aliphatic imine (C=N–C) groups is 1. The standard InChI is InChI=1S/C25H32N6O2/c1-2-26-25(27-11-5-13-30-16-29-19-7-3-4-8-20(19)30)28-12-6-14-31-23(32)21-17-9-10-18(15-17)22(21)24(31)33/h3-4,7-10,16-18,21-22H,2,5-6,11-15H2,1H3,(H2,26,27,28). The smallest absolute Gasteiger partial charge is 0.233 e. The number of allylic oxidation sites excluding steroid dienone is 2. The van der Waals surface area contributed by atoms with Gasteiger partial charge in [0.05, 0.1) is 29.2 Å². The van der Waals surface area contributed by atoms with Crippen molar-refractivity contribution >= 4 is 28.8 Å². The molecule has 1 aromatic heterocycles. The zero-order valence-corrected chi connectivity index (χ0v) is 19.1. The van der Waals surface area contributed by atoms with Gasteiger partial charge in [0.25, 0.3) is 0 Å². The summed E-state index contributed by atoms with van der Waals surface area (Å²) in [5.41, 5.74) is 2.17. The molecule has 0 radical (unpaired) electrons. The summed E-state index contributed by atoms with van der Waals surface area (Å²) in [6, 6.07) is 8.15. The average molecular weight is 449 g/mol. The molecule has 33 heavy (non-hydrogen) atoms. The number of para-hydroxylation sites is 2. The number of guanidine groups is 1. The molecule has 1 saturated carbocycles. The van der Waals surface area contributed by atoms with Gasteiger partial charge in [-0.15, -0.1) is 0 Å². The summed E-state index contributed by atoms with van der Waals surface area (Å²) in [5, 5.41) is 6.65. The molecule has 3 aliphatic rings. The van der Waals surface area contributed by atoms with Crippen LogP contribution in [0.4, 0.5) is 0 Å². The topological polar surface area (TPSA) is 91.6 Å². The van der Waals surface area contributed by atoms with Crippen LogP contribution in [-0.4, -0.2) is 58.4 Å². The van der Waals surface area contributed by atoms with E-state index in [0.29, 0.717) is 19.5 Å². The van der Waals surface area contributed by atoms with E-state index in [0.717, 1.165) is 49.5 Å². The number of fused-ring (bicyclic) bond motifs is 6. The number of aryl methyl sites for hydroxylation is 1. The lowest BCUT2D eigenvalue weighted by Gasteiger charge is -2.17. The molecule has 4 unspecified atom stereocenters. The van der Waals surface area contributed by atoms with Crippen LogP contribution in [0.2, 0.25) is 0 Å². The second-order valence-corrected chi connectivity index (χ2v) is 9.15. The second kappa shape index (κ2) is 9.37. The summed E-state index contributed by atoms with van der Waals surface area (Å²) in [6.45, 7) is 5.52. The van der Waals surface area contributed by atoms with Crippen molar-refractivity contribution in [1.29, 1.82) is 0 Å². The van der Waals surface area contributed by atoms with Crippen molar-refractivity contribution in [3.05, 3.63) is 42.7 Å². The van der Waals surface area contributed by atoms with Gasteiger partial charge in [-0.25, -0.2) is 4.98 Å². The number of benzene rings is 1. The minimum Gasteiger partial charge on any atom is -0.357 e. The maximum Gasteiger partial charge on any atom is 0.233 e. The Morgan fingerprint density at radius 1 is 1.06 bits per heavy atom. The Bertz CT molecular complexity index is 1060. The Balaban J connectivity index is 1.07. The van der Waals surface area contributed by atoms with Gasteiger partial charge in [-0.2, -0.15) is 0 Å². The third-order valence-electron chi connectivity index (χ3n) is 7.11. The first kappa shape index (κ1) is 21.7. The van der Waals surface area contributed by atoms with Gasteiger partial charge in [0.15, 0.2) is 5.96 Å². The van der Waals surface area contributed by atoms with Crippen LogP contribution < -0.4 is 10.6 Å². The summed E-state index contributed by atoms with van der Waals surface area (Å²) in [5.74, 6) is 1.15. The molecular formula is C25H32N6O2. The van der Waals surface area contributed by atoms with Crippen LogP contribution in [0, 0.1) is 23.7 Å². The van der Waals surface area contributed by atoms with Gasteiger partial charge in [0, 0.05) is 32.7 Å². The Morgan fingerprint density at radius 2 is 1.82 bits per heavy atom. The third kappa shape index (κ3) is 4.14. The number of hydrogen-bond acceptors (Lipinski definition) is 4. The summed E-state index contributed by atoms with van der Waals surface area (Å²) in [6.07, 6.45) is 8.75. The van der Waals surface area contributed by atoms with Crippen LogP contribution in [0.15, 0.2) is 47.7 Å². The second-order valence-electron chi connectivity index (χ2n) is 9.15. The minimum absolute atomic E-state index is 0.0305. The fourth-order valence-electron chi connectivity index (χ4n) is 5.59. The molecule has 0 spiro atoms. The number of nitrogens with zero attached hydrogens (tertiary/aromatic N) is 4. The van der Waals surface area contributed by atoms with E-state index in [1.807, 2.05) is 31.5 Å². The molecule has 8 nitrogen and oxygen atoms in total. The highest BCUT2D eigenvalue weighted by Crippen LogP contribution is 2.52. The molecule has 2 bridgehead atoms. The van der Waals surface area contributed by atoms with E-state index in [1.54, 1.807) is 0 Å². The molecule has 5 rings (SSSR count). The van der Waals surface area contributed by atoms with Gasteiger partial charge in [-0.3, -0.25) is 19.5 Å². The number of amides is 2. The number of carbonyl (C=O) groups is 2. The average Bonchev–Trinajstić information content (AvgIpc) is 3.59. The largest absolute Gasteiger partial charge is 0.357 e. The molecule has 2 aromatic rings. The van der Waals surface area contributed by atoms with Crippen molar-refractivity contribution < 1.29 is 9.59 Å². The first-order chi connectivity index (χ1) is 16.2. The maximum atomic E-state index is 12.8. The van der Waals surface area contributed by atoms with E-state index in [2.05, 4.69) is 43.4 Å². The monoisotopic (exact) mass is 448 g/mol. The Labute approximate surface area is 194 Å². The number of nitrogens with one attached hydrogen (secondary N) is 2. The number of aromatic nitrogens is 2. The predicted molar refractivity (Wildman–Crippen MR) is 127 cm³/mol. The first-order valence-corrected chi connectivity index (χ1v) is 12.1. The van der Waals surface area contributed by atoms with E-state index >= 15 is 0 Å². The molecule has 1 saturated heterocycles. The van der Waals surface area contributed by atoms with Crippen LogP contribution >= 0.6 is 0 Å².